The number of para-hydroxylation sites is 2. The van der Waals surface area contributed by atoms with Gasteiger partial charge < -0.3 is 15.2 Å². The van der Waals surface area contributed by atoms with E-state index in [2.05, 4.69) is 0 Å². The summed E-state index contributed by atoms with van der Waals surface area (Å²) in [6.07, 6.45) is 1.53. The van der Waals surface area contributed by atoms with Crippen LogP contribution in [0.5, 0.6) is 0 Å². The summed E-state index contributed by atoms with van der Waals surface area (Å²) < 4.78 is 12.0. The zero-order valence-corrected chi connectivity index (χ0v) is 16.0. The summed E-state index contributed by atoms with van der Waals surface area (Å²) in [5.41, 5.74) is 7.39. The Hall–Kier alpha value is -2.21. The normalized spacial score (nSPS) is 21.6. The third kappa shape index (κ3) is 5.16. The highest BCUT2D eigenvalue weighted by Crippen LogP contribution is 2.32. The molecule has 27 heavy (non-hydrogen) atoms. The van der Waals surface area contributed by atoms with Crippen LogP contribution >= 0.6 is 0 Å². The molecule has 1 saturated heterocycles. The first-order chi connectivity index (χ1) is 13.0. The van der Waals surface area contributed by atoms with Crippen molar-refractivity contribution in [2.24, 2.45) is 5.73 Å². The molecule has 1 aliphatic heterocycles. The number of nitrogens with zero attached hydrogens (tertiary/aromatic N) is 1. The van der Waals surface area contributed by atoms with Gasteiger partial charge in [-0.05, 0) is 51.1 Å². The fraction of sp³-hybridized carbons (Fsp3) is 0.409. The average Bonchev–Trinajstić information content (AvgIpc) is 2.62. The molecule has 0 spiro atoms. The lowest BCUT2D eigenvalue weighted by Gasteiger charge is -2.41. The molecule has 144 valence electrons. The van der Waals surface area contributed by atoms with Crippen LogP contribution < -0.4 is 10.6 Å². The van der Waals surface area contributed by atoms with Crippen LogP contribution in [0, 0.1) is 0 Å². The number of benzene rings is 2. The first-order valence-corrected chi connectivity index (χ1v) is 9.47. The van der Waals surface area contributed by atoms with Gasteiger partial charge in [0, 0.05) is 17.8 Å². The zero-order chi connectivity index (χ0) is 19.3. The topological polar surface area (TPSA) is 64.8 Å². The minimum atomic E-state index is -0.715. The number of hydrogen-bond donors (Lipinski definition) is 1. The number of amides is 1. The first kappa shape index (κ1) is 19.5. The maximum Gasteiger partial charge on any atom is 0.234 e. The van der Waals surface area contributed by atoms with Crippen molar-refractivity contribution in [3.8, 4) is 0 Å². The molecule has 2 atom stereocenters. The van der Waals surface area contributed by atoms with Gasteiger partial charge in [-0.15, -0.1) is 0 Å². The lowest BCUT2D eigenvalue weighted by molar-refractivity contribution is -0.299. The van der Waals surface area contributed by atoms with Crippen molar-refractivity contribution in [3.63, 3.8) is 0 Å². The quantitative estimate of drug-likeness (QED) is 0.837. The van der Waals surface area contributed by atoms with Crippen molar-refractivity contribution in [1.82, 2.24) is 0 Å². The number of ether oxygens (including phenoxy) is 2. The third-order valence-electron chi connectivity index (χ3n) is 4.60. The Morgan fingerprint density at radius 1 is 1.00 bits per heavy atom. The average molecular weight is 368 g/mol. The Morgan fingerprint density at radius 3 is 2.04 bits per heavy atom. The fourth-order valence-corrected chi connectivity index (χ4v) is 3.58. The van der Waals surface area contributed by atoms with E-state index in [0.717, 1.165) is 17.8 Å². The molecule has 0 radical (unpaired) electrons. The third-order valence-corrected chi connectivity index (χ3v) is 4.60. The summed E-state index contributed by atoms with van der Waals surface area (Å²) in [5.74, 6) is -0.713. The smallest absolute Gasteiger partial charge is 0.234 e. The van der Waals surface area contributed by atoms with E-state index >= 15 is 0 Å². The van der Waals surface area contributed by atoms with E-state index in [0.29, 0.717) is 13.0 Å². The lowest BCUT2D eigenvalue weighted by Crippen LogP contribution is -2.46. The van der Waals surface area contributed by atoms with Gasteiger partial charge in [0.25, 0.3) is 0 Å². The van der Waals surface area contributed by atoms with Gasteiger partial charge in [0.1, 0.15) is 0 Å². The second-order valence-corrected chi connectivity index (χ2v) is 7.30. The predicted molar refractivity (Wildman–Crippen MR) is 107 cm³/mol. The van der Waals surface area contributed by atoms with Crippen LogP contribution in [-0.4, -0.2) is 30.4 Å². The Kier molecular flexibility index (Phi) is 6.26. The molecule has 1 heterocycles. The Balaban J connectivity index is 1.80. The molecule has 3 rings (SSSR count). The van der Waals surface area contributed by atoms with Crippen molar-refractivity contribution < 1.29 is 14.3 Å². The lowest BCUT2D eigenvalue weighted by atomic mass is 10.0. The van der Waals surface area contributed by atoms with Gasteiger partial charge in [-0.25, -0.2) is 0 Å². The number of nitrogens with two attached hydrogens (primary N) is 1. The van der Waals surface area contributed by atoms with Crippen molar-refractivity contribution in [2.45, 2.75) is 51.1 Å². The number of carbonyl (C=O) groups is 1. The summed E-state index contributed by atoms with van der Waals surface area (Å²) >= 11 is 0. The molecule has 1 fully saturated rings. The molecule has 2 aromatic carbocycles. The van der Waals surface area contributed by atoms with Crippen LogP contribution in [0.1, 0.15) is 33.1 Å². The standard InChI is InChI=1S/C22H28N2O3/c1-22(2)26-19(13-14-23)15-20(27-22)16-21(25)24(17-9-5-3-6-10-17)18-11-7-4-8-12-18/h3-12,19-20H,13-16,23H2,1-2H3. The Morgan fingerprint density at radius 2 is 1.52 bits per heavy atom. The molecular formula is C22H28N2O3. The second-order valence-electron chi connectivity index (χ2n) is 7.30. The summed E-state index contributed by atoms with van der Waals surface area (Å²) in [7, 11) is 0. The molecule has 2 N–H and O–H groups in total. The van der Waals surface area contributed by atoms with Crippen molar-refractivity contribution in [2.75, 3.05) is 11.4 Å². The van der Waals surface area contributed by atoms with Crippen molar-refractivity contribution >= 4 is 17.3 Å². The summed E-state index contributed by atoms with van der Waals surface area (Å²) in [6, 6.07) is 19.4. The predicted octanol–water partition coefficient (Wildman–Crippen LogP) is 4.00. The number of carbonyl (C=O) groups excluding carboxylic acids is 1. The molecule has 2 unspecified atom stereocenters. The van der Waals surface area contributed by atoms with Crippen LogP contribution in [0.2, 0.25) is 0 Å². The molecule has 0 aliphatic carbocycles. The molecule has 1 amide bonds. The summed E-state index contributed by atoms with van der Waals surface area (Å²) in [5, 5.41) is 0. The fourth-order valence-electron chi connectivity index (χ4n) is 3.58. The largest absolute Gasteiger partial charge is 0.347 e. The SMILES string of the molecule is CC1(C)OC(CCN)CC(CC(=O)N(c2ccccc2)c2ccccc2)O1. The molecular weight excluding hydrogens is 340 g/mol. The van der Waals surface area contributed by atoms with Crippen molar-refractivity contribution in [3.05, 3.63) is 60.7 Å². The molecule has 5 heteroatoms. The molecule has 1 aliphatic rings. The summed E-state index contributed by atoms with van der Waals surface area (Å²) in [6.45, 7) is 4.33. The minimum absolute atomic E-state index is 0.00148. The molecule has 0 bridgehead atoms. The van der Waals surface area contributed by atoms with E-state index < -0.39 is 5.79 Å². The molecule has 2 aromatic rings. The van der Waals surface area contributed by atoms with Gasteiger partial charge in [0.05, 0.1) is 18.6 Å². The van der Waals surface area contributed by atoms with E-state index in [-0.39, 0.29) is 24.5 Å². The Bertz CT molecular complexity index is 694. The van der Waals surface area contributed by atoms with E-state index in [1.807, 2.05) is 74.5 Å². The van der Waals surface area contributed by atoms with Crippen LogP contribution in [0.3, 0.4) is 0 Å². The zero-order valence-electron chi connectivity index (χ0n) is 16.0. The number of rotatable bonds is 6. The van der Waals surface area contributed by atoms with Crippen LogP contribution in [0.15, 0.2) is 60.7 Å². The van der Waals surface area contributed by atoms with E-state index in [1.165, 1.54) is 0 Å². The van der Waals surface area contributed by atoms with Gasteiger partial charge >= 0.3 is 0 Å². The Labute approximate surface area is 161 Å². The van der Waals surface area contributed by atoms with Crippen LogP contribution in [0.25, 0.3) is 0 Å². The van der Waals surface area contributed by atoms with E-state index in [4.69, 9.17) is 15.2 Å². The van der Waals surface area contributed by atoms with Crippen LogP contribution in [-0.2, 0) is 14.3 Å². The first-order valence-electron chi connectivity index (χ1n) is 9.47. The number of anilines is 2. The highest BCUT2D eigenvalue weighted by molar-refractivity contribution is 6.00. The molecule has 5 nitrogen and oxygen atoms in total. The van der Waals surface area contributed by atoms with Gasteiger partial charge in [0.2, 0.25) is 5.91 Å². The second kappa shape index (κ2) is 8.65. The molecule has 0 aromatic heterocycles. The van der Waals surface area contributed by atoms with Gasteiger partial charge in [-0.2, -0.15) is 0 Å². The molecule has 0 saturated carbocycles. The van der Waals surface area contributed by atoms with Gasteiger partial charge in [-0.3, -0.25) is 9.69 Å². The maximum atomic E-state index is 13.3. The van der Waals surface area contributed by atoms with E-state index in [1.54, 1.807) is 4.90 Å². The number of hydrogen-bond acceptors (Lipinski definition) is 4. The summed E-state index contributed by atoms with van der Waals surface area (Å²) in [4.78, 5) is 15.0. The van der Waals surface area contributed by atoms with Crippen molar-refractivity contribution in [1.29, 1.82) is 0 Å². The van der Waals surface area contributed by atoms with Crippen LogP contribution in [0.4, 0.5) is 11.4 Å². The van der Waals surface area contributed by atoms with E-state index in [9.17, 15) is 4.79 Å². The highest BCUT2D eigenvalue weighted by atomic mass is 16.7. The monoisotopic (exact) mass is 368 g/mol. The van der Waals surface area contributed by atoms with Gasteiger partial charge in [0.15, 0.2) is 5.79 Å². The minimum Gasteiger partial charge on any atom is -0.347 e. The van der Waals surface area contributed by atoms with Gasteiger partial charge in [-0.1, -0.05) is 36.4 Å². The maximum absolute atomic E-state index is 13.3. The highest BCUT2D eigenvalue weighted by Gasteiger charge is 2.36.